The second-order valence-electron chi connectivity index (χ2n) is 8.33. The van der Waals surface area contributed by atoms with E-state index in [1.165, 1.54) is 4.40 Å². The van der Waals surface area contributed by atoms with E-state index >= 15 is 0 Å². The molecule has 2 aromatic heterocycles. The molecule has 1 amide bonds. The third-order valence-corrected chi connectivity index (χ3v) is 6.12. The normalized spacial score (nSPS) is 16.6. The molecule has 5 rings (SSSR count). The quantitative estimate of drug-likeness (QED) is 0.333. The average molecular weight is 432 g/mol. The molecule has 3 N–H and O–H groups in total. The number of benzene rings is 2. The van der Waals surface area contributed by atoms with Crippen molar-refractivity contribution in [3.05, 3.63) is 70.6 Å². The van der Waals surface area contributed by atoms with Gasteiger partial charge in [-0.25, -0.2) is 4.98 Å². The first-order valence-electron chi connectivity index (χ1n) is 10.7. The third-order valence-electron chi connectivity index (χ3n) is 6.12. The van der Waals surface area contributed by atoms with Gasteiger partial charge < -0.3 is 20.4 Å². The lowest BCUT2D eigenvalue weighted by molar-refractivity contribution is -0.188. The number of likely N-dealkylation sites (tertiary alicyclic amines) is 1. The van der Waals surface area contributed by atoms with Gasteiger partial charge >= 0.3 is 0 Å². The lowest BCUT2D eigenvalue weighted by Gasteiger charge is -2.34. The molecular weight excluding hydrogens is 408 g/mol. The Balaban J connectivity index is 1.41. The van der Waals surface area contributed by atoms with Gasteiger partial charge in [0.15, 0.2) is 11.4 Å². The fourth-order valence-electron chi connectivity index (χ4n) is 4.25. The van der Waals surface area contributed by atoms with Gasteiger partial charge in [-0.2, -0.15) is 0 Å². The van der Waals surface area contributed by atoms with Crippen LogP contribution in [0.15, 0.2) is 59.5 Å². The monoisotopic (exact) mass is 432 g/mol. The number of nitrogens with zero attached hydrogens (tertiary/aromatic N) is 3. The zero-order valence-corrected chi connectivity index (χ0v) is 17.5. The van der Waals surface area contributed by atoms with Crippen molar-refractivity contribution in [1.82, 2.24) is 19.6 Å². The molecule has 0 bridgehead atoms. The van der Waals surface area contributed by atoms with Gasteiger partial charge in [0.1, 0.15) is 0 Å². The molecule has 8 heteroatoms. The highest BCUT2D eigenvalue weighted by Gasteiger charge is 2.29. The van der Waals surface area contributed by atoms with Crippen molar-refractivity contribution < 1.29 is 15.0 Å². The molecule has 0 aliphatic carbocycles. The van der Waals surface area contributed by atoms with E-state index in [2.05, 4.69) is 15.2 Å². The summed E-state index contributed by atoms with van der Waals surface area (Å²) in [6, 6.07) is 14.8. The molecule has 0 atom stereocenters. The molecule has 1 saturated heterocycles. The number of piperidine rings is 1. The number of aliphatic hydroxyl groups is 2. The van der Waals surface area contributed by atoms with Crippen LogP contribution < -0.4 is 10.9 Å². The average Bonchev–Trinajstić information content (AvgIpc) is 2.79. The Morgan fingerprint density at radius 2 is 1.78 bits per heavy atom. The maximum Gasteiger partial charge on any atom is 0.265 e. The fourth-order valence-corrected chi connectivity index (χ4v) is 4.25. The molecule has 164 valence electrons. The maximum absolute atomic E-state index is 13.1. The lowest BCUT2D eigenvalue weighted by atomic mass is 10.0. The highest BCUT2D eigenvalue weighted by atomic mass is 16.5. The minimum Gasteiger partial charge on any atom is -0.366 e. The van der Waals surface area contributed by atoms with Gasteiger partial charge in [-0.3, -0.25) is 14.0 Å². The first-order valence-corrected chi connectivity index (χ1v) is 10.7. The molecule has 3 heterocycles. The summed E-state index contributed by atoms with van der Waals surface area (Å²) in [6.07, 6.45) is 2.21. The maximum atomic E-state index is 13.1. The van der Waals surface area contributed by atoms with Gasteiger partial charge in [0, 0.05) is 45.2 Å². The van der Waals surface area contributed by atoms with E-state index < -0.39 is 5.79 Å². The van der Waals surface area contributed by atoms with Crippen LogP contribution >= 0.6 is 0 Å². The number of rotatable bonds is 4. The van der Waals surface area contributed by atoms with Gasteiger partial charge in [-0.15, -0.1) is 0 Å². The summed E-state index contributed by atoms with van der Waals surface area (Å²) in [5, 5.41) is 24.6. The smallest absolute Gasteiger partial charge is 0.265 e. The van der Waals surface area contributed by atoms with Gasteiger partial charge in [-0.05, 0) is 35.0 Å². The molecule has 1 aliphatic heterocycles. The minimum atomic E-state index is -1.59. The van der Waals surface area contributed by atoms with E-state index in [0.29, 0.717) is 61.1 Å². The Labute approximate surface area is 183 Å². The Morgan fingerprint density at radius 1 is 1.06 bits per heavy atom. The van der Waals surface area contributed by atoms with E-state index in [9.17, 15) is 19.8 Å². The highest BCUT2D eigenvalue weighted by molar-refractivity contribution is 6.02. The molecule has 0 radical (unpaired) electrons. The number of carbonyl (C=O) groups excluding carboxylic acids is 1. The summed E-state index contributed by atoms with van der Waals surface area (Å²) in [6.45, 7) is 2.14. The van der Waals surface area contributed by atoms with Crippen molar-refractivity contribution in [3.8, 4) is 0 Å². The predicted molar refractivity (Wildman–Crippen MR) is 122 cm³/mol. The Hall–Kier alpha value is -3.33. The number of nitrogens with one attached hydrogen (secondary N) is 1. The van der Waals surface area contributed by atoms with Gasteiger partial charge in [0.25, 0.3) is 11.5 Å². The molecule has 8 nitrogen and oxygen atoms in total. The van der Waals surface area contributed by atoms with Crippen molar-refractivity contribution in [3.63, 3.8) is 0 Å². The molecular formula is C24H24N4O4. The van der Waals surface area contributed by atoms with E-state index in [1.54, 1.807) is 18.3 Å². The predicted octanol–water partition coefficient (Wildman–Crippen LogP) is 1.51. The van der Waals surface area contributed by atoms with Crippen LogP contribution in [-0.4, -0.2) is 62.4 Å². The van der Waals surface area contributed by atoms with Crippen LogP contribution in [0.5, 0.6) is 0 Å². The van der Waals surface area contributed by atoms with Crippen LogP contribution in [-0.2, 0) is 0 Å². The van der Waals surface area contributed by atoms with Crippen molar-refractivity contribution in [2.75, 3.05) is 26.2 Å². The second-order valence-corrected chi connectivity index (χ2v) is 8.33. The summed E-state index contributed by atoms with van der Waals surface area (Å²) < 4.78 is 1.42. The zero-order valence-electron chi connectivity index (χ0n) is 17.5. The number of aromatic nitrogens is 2. The van der Waals surface area contributed by atoms with Crippen molar-refractivity contribution in [1.29, 1.82) is 0 Å². The summed E-state index contributed by atoms with van der Waals surface area (Å²) in [5.74, 6) is -1.89. The summed E-state index contributed by atoms with van der Waals surface area (Å²) >= 11 is 0. The molecule has 1 fully saturated rings. The number of fused-ring (bicyclic) bond motifs is 3. The highest BCUT2D eigenvalue weighted by Crippen LogP contribution is 2.21. The Bertz CT molecular complexity index is 1390. The third kappa shape index (κ3) is 3.84. The fraction of sp³-hybridized carbons (Fsp3) is 0.292. The number of pyridine rings is 1. The molecule has 1 aliphatic rings. The van der Waals surface area contributed by atoms with Crippen LogP contribution in [0, 0.1) is 0 Å². The van der Waals surface area contributed by atoms with Gasteiger partial charge in [0.05, 0.1) is 16.5 Å². The largest absolute Gasteiger partial charge is 0.366 e. The molecule has 0 spiro atoms. The summed E-state index contributed by atoms with van der Waals surface area (Å²) in [5.41, 5.74) is 0.998. The Kier molecular flexibility index (Phi) is 5.13. The summed E-state index contributed by atoms with van der Waals surface area (Å²) in [7, 11) is 0. The number of carbonyl (C=O) groups is 1. The first kappa shape index (κ1) is 20.6. The van der Waals surface area contributed by atoms with Gasteiger partial charge in [0.2, 0.25) is 0 Å². The van der Waals surface area contributed by atoms with Crippen LogP contribution in [0.2, 0.25) is 0 Å². The lowest BCUT2D eigenvalue weighted by Crippen LogP contribution is -2.46. The SMILES string of the molecule is O=C(NCCN1CCC(O)(O)CC1)c1cccn2c(=O)c3cc4ccccc4cc3nc12. The molecule has 2 aromatic carbocycles. The summed E-state index contributed by atoms with van der Waals surface area (Å²) in [4.78, 5) is 32.8. The molecule has 0 saturated carbocycles. The van der Waals surface area contributed by atoms with Crippen LogP contribution in [0.4, 0.5) is 0 Å². The van der Waals surface area contributed by atoms with Crippen LogP contribution in [0.1, 0.15) is 23.2 Å². The van der Waals surface area contributed by atoms with E-state index in [4.69, 9.17) is 0 Å². The zero-order chi connectivity index (χ0) is 22.3. The first-order chi connectivity index (χ1) is 15.4. The molecule has 4 aromatic rings. The van der Waals surface area contributed by atoms with Crippen molar-refractivity contribution in [2.45, 2.75) is 18.6 Å². The number of hydrogen-bond acceptors (Lipinski definition) is 6. The number of hydrogen-bond donors (Lipinski definition) is 3. The Morgan fingerprint density at radius 3 is 2.53 bits per heavy atom. The number of amides is 1. The van der Waals surface area contributed by atoms with Gasteiger partial charge in [-0.1, -0.05) is 24.3 Å². The van der Waals surface area contributed by atoms with E-state index in [-0.39, 0.29) is 11.5 Å². The second kappa shape index (κ2) is 7.98. The van der Waals surface area contributed by atoms with E-state index in [1.807, 2.05) is 36.4 Å². The standard InChI is InChI=1S/C24H24N4O4/c29-22(25-9-13-27-11-7-24(31,32)8-12-27)18-6-3-10-28-21(18)26-20-15-17-5-2-1-4-16(17)14-19(20)23(28)30/h1-6,10,14-15,31-32H,7-9,11-13H2,(H,25,29). The van der Waals surface area contributed by atoms with Crippen LogP contribution in [0.25, 0.3) is 27.3 Å². The molecule has 0 unspecified atom stereocenters. The topological polar surface area (TPSA) is 107 Å². The van der Waals surface area contributed by atoms with Crippen molar-refractivity contribution >= 4 is 33.2 Å². The minimum absolute atomic E-state index is 0.213. The van der Waals surface area contributed by atoms with E-state index in [0.717, 1.165) is 10.8 Å². The van der Waals surface area contributed by atoms with Crippen molar-refractivity contribution in [2.24, 2.45) is 0 Å². The molecule has 32 heavy (non-hydrogen) atoms. The van der Waals surface area contributed by atoms with Crippen LogP contribution in [0.3, 0.4) is 0 Å².